The Labute approximate surface area is 137 Å². The summed E-state index contributed by atoms with van der Waals surface area (Å²) in [5, 5.41) is 9.31. The van der Waals surface area contributed by atoms with Gasteiger partial charge in [0, 0.05) is 10.0 Å². The van der Waals surface area contributed by atoms with E-state index in [0.717, 1.165) is 41.8 Å². The highest BCUT2D eigenvalue weighted by atomic mass is 79.9. The van der Waals surface area contributed by atoms with Crippen molar-refractivity contribution in [2.45, 2.75) is 71.0 Å². The lowest BCUT2D eigenvalue weighted by atomic mass is 9.84. The average molecular weight is 355 g/mol. The molecule has 1 aromatic rings. The van der Waals surface area contributed by atoms with Crippen LogP contribution < -0.4 is 4.74 Å². The number of ether oxygens (including phenoxy) is 1. The van der Waals surface area contributed by atoms with E-state index in [-0.39, 0.29) is 6.10 Å². The third-order valence-electron chi connectivity index (χ3n) is 4.54. The highest BCUT2D eigenvalue weighted by molar-refractivity contribution is 9.10. The van der Waals surface area contributed by atoms with E-state index in [1.165, 1.54) is 24.8 Å². The average Bonchev–Trinajstić information content (AvgIpc) is 2.45. The van der Waals surface area contributed by atoms with Crippen molar-refractivity contribution >= 4 is 15.9 Å². The van der Waals surface area contributed by atoms with Gasteiger partial charge in [-0.15, -0.1) is 0 Å². The van der Waals surface area contributed by atoms with Crippen LogP contribution in [0.5, 0.6) is 5.75 Å². The Bertz CT molecular complexity index is 437. The number of hydrogen-bond donors (Lipinski definition) is 1. The van der Waals surface area contributed by atoms with Crippen molar-refractivity contribution in [1.29, 1.82) is 0 Å². The first-order valence-electron chi connectivity index (χ1n) is 8.16. The van der Waals surface area contributed by atoms with Gasteiger partial charge in [0.25, 0.3) is 0 Å². The van der Waals surface area contributed by atoms with Crippen molar-refractivity contribution in [2.75, 3.05) is 0 Å². The van der Waals surface area contributed by atoms with Gasteiger partial charge in [-0.05, 0) is 64.0 Å². The minimum atomic E-state index is -0.149. The Kier molecular flexibility index (Phi) is 6.56. The monoisotopic (exact) mass is 354 g/mol. The van der Waals surface area contributed by atoms with Gasteiger partial charge in [-0.2, -0.15) is 0 Å². The lowest BCUT2D eigenvalue weighted by Crippen LogP contribution is -2.24. The van der Waals surface area contributed by atoms with Crippen LogP contribution in [-0.2, 0) is 0 Å². The third kappa shape index (κ3) is 5.30. The van der Waals surface area contributed by atoms with Crippen molar-refractivity contribution in [3.63, 3.8) is 0 Å². The predicted octanol–water partition coefficient (Wildman–Crippen LogP) is 5.25. The van der Waals surface area contributed by atoms with E-state index in [9.17, 15) is 5.11 Å². The van der Waals surface area contributed by atoms with E-state index in [1.807, 2.05) is 13.0 Å². The van der Waals surface area contributed by atoms with Crippen molar-refractivity contribution in [2.24, 2.45) is 5.92 Å². The van der Waals surface area contributed by atoms with E-state index in [0.29, 0.717) is 6.10 Å². The summed E-state index contributed by atoms with van der Waals surface area (Å²) in [5.41, 5.74) is 1.19. The molecule has 1 fully saturated rings. The SMILES string of the molecule is Cc1c(Br)cccc1OC1CCC(CCCC(C)O)CC1. The van der Waals surface area contributed by atoms with E-state index >= 15 is 0 Å². The summed E-state index contributed by atoms with van der Waals surface area (Å²) in [6.45, 7) is 3.98. The van der Waals surface area contributed by atoms with Crippen LogP contribution in [0.1, 0.15) is 57.4 Å². The zero-order chi connectivity index (χ0) is 15.2. The number of hydrogen-bond acceptors (Lipinski definition) is 2. The van der Waals surface area contributed by atoms with Crippen LogP contribution in [0.15, 0.2) is 22.7 Å². The Morgan fingerprint density at radius 1 is 1.29 bits per heavy atom. The van der Waals surface area contributed by atoms with Gasteiger partial charge < -0.3 is 9.84 Å². The molecule has 0 radical (unpaired) electrons. The molecule has 0 spiro atoms. The molecule has 1 aromatic carbocycles. The lowest BCUT2D eigenvalue weighted by Gasteiger charge is -2.29. The van der Waals surface area contributed by atoms with Gasteiger partial charge in [0.1, 0.15) is 5.75 Å². The second kappa shape index (κ2) is 8.19. The van der Waals surface area contributed by atoms with Gasteiger partial charge in [-0.3, -0.25) is 0 Å². The van der Waals surface area contributed by atoms with Gasteiger partial charge in [-0.25, -0.2) is 0 Å². The molecule has 0 heterocycles. The fraction of sp³-hybridized carbons (Fsp3) is 0.667. The minimum absolute atomic E-state index is 0.149. The van der Waals surface area contributed by atoms with Crippen molar-refractivity contribution in [3.8, 4) is 5.75 Å². The summed E-state index contributed by atoms with van der Waals surface area (Å²) in [4.78, 5) is 0. The molecule has 0 saturated heterocycles. The van der Waals surface area contributed by atoms with E-state index < -0.39 is 0 Å². The van der Waals surface area contributed by atoms with Gasteiger partial charge in [0.2, 0.25) is 0 Å². The molecule has 1 atom stereocenters. The number of benzene rings is 1. The Balaban J connectivity index is 1.75. The van der Waals surface area contributed by atoms with Gasteiger partial charge in [0.15, 0.2) is 0 Å². The van der Waals surface area contributed by atoms with Crippen molar-refractivity contribution in [1.82, 2.24) is 0 Å². The molecule has 0 amide bonds. The zero-order valence-electron chi connectivity index (χ0n) is 13.1. The molecule has 1 aliphatic carbocycles. The lowest BCUT2D eigenvalue weighted by molar-refractivity contribution is 0.123. The molecule has 0 bridgehead atoms. The zero-order valence-corrected chi connectivity index (χ0v) is 14.7. The number of halogens is 1. The topological polar surface area (TPSA) is 29.5 Å². The fourth-order valence-corrected chi connectivity index (χ4v) is 3.48. The first kappa shape index (κ1) is 16.8. The molecule has 0 aliphatic heterocycles. The summed E-state index contributed by atoms with van der Waals surface area (Å²) in [7, 11) is 0. The second-order valence-corrected chi connectivity index (χ2v) is 7.26. The van der Waals surface area contributed by atoms with Crippen LogP contribution in [0.3, 0.4) is 0 Å². The number of aliphatic hydroxyl groups is 1. The standard InChI is InChI=1S/C18H27BrO2/c1-13(20)5-3-6-15-9-11-16(12-10-15)21-18-8-4-7-17(19)14(18)2/h4,7-8,13,15-16,20H,3,5-6,9-12H2,1-2H3. The van der Waals surface area contributed by atoms with Crippen molar-refractivity contribution < 1.29 is 9.84 Å². The molecule has 2 rings (SSSR count). The largest absolute Gasteiger partial charge is 0.490 e. The van der Waals surface area contributed by atoms with Crippen LogP contribution in [0.2, 0.25) is 0 Å². The maximum atomic E-state index is 9.31. The van der Waals surface area contributed by atoms with Gasteiger partial charge >= 0.3 is 0 Å². The minimum Gasteiger partial charge on any atom is -0.490 e. The number of aliphatic hydroxyl groups excluding tert-OH is 1. The van der Waals surface area contributed by atoms with Crippen LogP contribution in [0.4, 0.5) is 0 Å². The molecule has 3 heteroatoms. The molecular weight excluding hydrogens is 328 g/mol. The molecule has 118 valence electrons. The highest BCUT2D eigenvalue weighted by Crippen LogP contribution is 2.33. The normalized spacial score (nSPS) is 23.8. The molecule has 2 nitrogen and oxygen atoms in total. The maximum Gasteiger partial charge on any atom is 0.123 e. The molecule has 0 aromatic heterocycles. The second-order valence-electron chi connectivity index (χ2n) is 6.40. The fourth-order valence-electron chi connectivity index (χ4n) is 3.14. The summed E-state index contributed by atoms with van der Waals surface area (Å²) in [6, 6.07) is 6.16. The molecule has 21 heavy (non-hydrogen) atoms. The van der Waals surface area contributed by atoms with Crippen LogP contribution in [0.25, 0.3) is 0 Å². The summed E-state index contributed by atoms with van der Waals surface area (Å²) in [5.74, 6) is 1.84. The molecule has 1 N–H and O–H groups in total. The van der Waals surface area contributed by atoms with Crippen LogP contribution in [0, 0.1) is 12.8 Å². The van der Waals surface area contributed by atoms with Crippen LogP contribution in [-0.4, -0.2) is 17.3 Å². The van der Waals surface area contributed by atoms with Gasteiger partial charge in [-0.1, -0.05) is 34.8 Å². The van der Waals surface area contributed by atoms with E-state index in [4.69, 9.17) is 4.74 Å². The predicted molar refractivity (Wildman–Crippen MR) is 90.8 cm³/mol. The smallest absolute Gasteiger partial charge is 0.123 e. The Hall–Kier alpha value is -0.540. The Morgan fingerprint density at radius 3 is 2.67 bits per heavy atom. The van der Waals surface area contributed by atoms with Crippen LogP contribution >= 0.6 is 15.9 Å². The third-order valence-corrected chi connectivity index (χ3v) is 5.40. The summed E-state index contributed by atoms with van der Waals surface area (Å²) < 4.78 is 7.31. The molecular formula is C18H27BrO2. The van der Waals surface area contributed by atoms with E-state index in [2.05, 4.69) is 35.0 Å². The summed E-state index contributed by atoms with van der Waals surface area (Å²) >= 11 is 3.56. The highest BCUT2D eigenvalue weighted by Gasteiger charge is 2.22. The van der Waals surface area contributed by atoms with Crippen molar-refractivity contribution in [3.05, 3.63) is 28.2 Å². The van der Waals surface area contributed by atoms with E-state index in [1.54, 1.807) is 0 Å². The summed E-state index contributed by atoms with van der Waals surface area (Å²) in [6.07, 6.45) is 8.40. The molecule has 1 aliphatic rings. The Morgan fingerprint density at radius 2 is 2.00 bits per heavy atom. The van der Waals surface area contributed by atoms with Gasteiger partial charge in [0.05, 0.1) is 12.2 Å². The quantitative estimate of drug-likeness (QED) is 0.756. The maximum absolute atomic E-state index is 9.31. The first-order chi connectivity index (χ1) is 10.1. The molecule has 1 saturated carbocycles. The number of rotatable bonds is 6. The molecule has 1 unspecified atom stereocenters. The first-order valence-corrected chi connectivity index (χ1v) is 8.95.